The van der Waals surface area contributed by atoms with Crippen LogP contribution in [-0.2, 0) is 0 Å². The Hall–Kier alpha value is -1.57. The molecule has 0 spiro atoms. The molecule has 7 nitrogen and oxygen atoms in total. The Bertz CT molecular complexity index is 488. The molecule has 0 radical (unpaired) electrons. The summed E-state index contributed by atoms with van der Waals surface area (Å²) in [6.45, 7) is 0. The van der Waals surface area contributed by atoms with E-state index in [-0.39, 0.29) is 5.95 Å². The normalized spacial score (nSPS) is 20.4. The van der Waals surface area contributed by atoms with E-state index in [1.807, 2.05) is 11.8 Å². The number of H-pyrrole nitrogens is 1. The van der Waals surface area contributed by atoms with Crippen LogP contribution in [0.1, 0.15) is 23.9 Å². The highest BCUT2D eigenvalue weighted by molar-refractivity contribution is 7.99. The maximum absolute atomic E-state index is 5.40. The predicted molar refractivity (Wildman–Crippen MR) is 58.5 cm³/mol. The van der Waals surface area contributed by atoms with Crippen LogP contribution in [0.25, 0.3) is 11.7 Å². The molecule has 1 aliphatic heterocycles. The van der Waals surface area contributed by atoms with Crippen molar-refractivity contribution < 1.29 is 4.52 Å². The number of aromatic nitrogens is 5. The number of nitrogens with two attached hydrogens (primary N) is 1. The van der Waals surface area contributed by atoms with E-state index in [1.165, 1.54) is 6.42 Å². The fourth-order valence-corrected chi connectivity index (χ4v) is 2.81. The van der Waals surface area contributed by atoms with E-state index in [9.17, 15) is 0 Å². The van der Waals surface area contributed by atoms with Gasteiger partial charge in [-0.15, -0.1) is 5.10 Å². The van der Waals surface area contributed by atoms with Crippen LogP contribution < -0.4 is 5.73 Å². The Morgan fingerprint density at radius 2 is 2.38 bits per heavy atom. The van der Waals surface area contributed by atoms with Crippen molar-refractivity contribution in [1.82, 2.24) is 25.3 Å². The second-order valence-electron chi connectivity index (χ2n) is 3.50. The number of aromatic amines is 1. The zero-order chi connectivity index (χ0) is 11.0. The Labute approximate surface area is 95.2 Å². The lowest BCUT2D eigenvalue weighted by atomic mass is 10.2. The van der Waals surface area contributed by atoms with Gasteiger partial charge in [0.15, 0.2) is 5.82 Å². The lowest BCUT2D eigenvalue weighted by Gasteiger charge is -1.98. The largest absolute Gasteiger partial charge is 0.366 e. The number of anilines is 1. The van der Waals surface area contributed by atoms with Crippen molar-refractivity contribution in [3.05, 3.63) is 5.82 Å². The fraction of sp³-hybridized carbons (Fsp3) is 0.500. The van der Waals surface area contributed by atoms with Crippen molar-refractivity contribution in [1.29, 1.82) is 0 Å². The van der Waals surface area contributed by atoms with Gasteiger partial charge in [-0.25, -0.2) is 0 Å². The molecule has 3 heterocycles. The number of nitrogens with zero attached hydrogens (tertiary/aromatic N) is 4. The molecule has 2 aromatic heterocycles. The van der Waals surface area contributed by atoms with E-state index < -0.39 is 0 Å². The van der Waals surface area contributed by atoms with Gasteiger partial charge in [0.05, 0.1) is 5.25 Å². The van der Waals surface area contributed by atoms with Gasteiger partial charge < -0.3 is 10.3 Å². The van der Waals surface area contributed by atoms with Crippen LogP contribution in [0.2, 0.25) is 0 Å². The van der Waals surface area contributed by atoms with Gasteiger partial charge in [0.2, 0.25) is 11.8 Å². The van der Waals surface area contributed by atoms with Crippen LogP contribution in [0.4, 0.5) is 5.95 Å². The summed E-state index contributed by atoms with van der Waals surface area (Å²) >= 11 is 1.85. The molecule has 2 aromatic rings. The first-order valence-corrected chi connectivity index (χ1v) is 6.01. The SMILES string of the molecule is Nc1n[nH]c(-c2nc(C3CCCS3)no2)n1. The Morgan fingerprint density at radius 1 is 1.44 bits per heavy atom. The quantitative estimate of drug-likeness (QED) is 0.803. The molecule has 1 unspecified atom stereocenters. The first kappa shape index (κ1) is 9.64. The number of hydrogen-bond acceptors (Lipinski definition) is 7. The molecule has 0 bridgehead atoms. The molecule has 3 N–H and O–H groups in total. The average molecular weight is 238 g/mol. The highest BCUT2D eigenvalue weighted by Crippen LogP contribution is 2.38. The van der Waals surface area contributed by atoms with Crippen LogP contribution in [-0.4, -0.2) is 31.1 Å². The van der Waals surface area contributed by atoms with Crippen molar-refractivity contribution in [2.75, 3.05) is 11.5 Å². The molecule has 3 rings (SSSR count). The number of thioether (sulfide) groups is 1. The molecule has 0 aromatic carbocycles. The van der Waals surface area contributed by atoms with Crippen molar-refractivity contribution in [3.63, 3.8) is 0 Å². The van der Waals surface area contributed by atoms with Crippen LogP contribution in [0, 0.1) is 0 Å². The molecule has 0 aliphatic carbocycles. The van der Waals surface area contributed by atoms with Crippen LogP contribution in [0.5, 0.6) is 0 Å². The third kappa shape index (κ3) is 1.64. The summed E-state index contributed by atoms with van der Waals surface area (Å²) in [7, 11) is 0. The number of nitrogens with one attached hydrogen (secondary N) is 1. The maximum atomic E-state index is 5.40. The summed E-state index contributed by atoms with van der Waals surface area (Å²) in [5.74, 6) is 2.81. The molecular formula is C8H10N6OS. The van der Waals surface area contributed by atoms with Crippen molar-refractivity contribution in [2.45, 2.75) is 18.1 Å². The molecule has 1 aliphatic rings. The van der Waals surface area contributed by atoms with E-state index in [2.05, 4.69) is 25.3 Å². The summed E-state index contributed by atoms with van der Waals surface area (Å²) in [5.41, 5.74) is 5.40. The zero-order valence-electron chi connectivity index (χ0n) is 8.38. The molecule has 8 heteroatoms. The summed E-state index contributed by atoms with van der Waals surface area (Å²) < 4.78 is 5.11. The Balaban J connectivity index is 1.87. The first-order chi connectivity index (χ1) is 7.83. The van der Waals surface area contributed by atoms with Gasteiger partial charge in [0.25, 0.3) is 5.89 Å². The molecule has 0 amide bonds. The van der Waals surface area contributed by atoms with Crippen LogP contribution >= 0.6 is 11.8 Å². The zero-order valence-corrected chi connectivity index (χ0v) is 9.20. The van der Waals surface area contributed by atoms with Gasteiger partial charge >= 0.3 is 0 Å². The van der Waals surface area contributed by atoms with E-state index in [1.54, 1.807) is 0 Å². The molecule has 0 saturated carbocycles. The fourth-order valence-electron chi connectivity index (χ4n) is 1.61. The molecule has 1 atom stereocenters. The minimum absolute atomic E-state index is 0.171. The van der Waals surface area contributed by atoms with Crippen LogP contribution in [0.3, 0.4) is 0 Å². The van der Waals surface area contributed by atoms with Gasteiger partial charge in [-0.3, -0.25) is 5.10 Å². The van der Waals surface area contributed by atoms with E-state index >= 15 is 0 Å². The minimum atomic E-state index is 0.171. The maximum Gasteiger partial charge on any atom is 0.295 e. The Morgan fingerprint density at radius 3 is 3.06 bits per heavy atom. The molecular weight excluding hydrogens is 228 g/mol. The van der Waals surface area contributed by atoms with E-state index in [4.69, 9.17) is 10.3 Å². The van der Waals surface area contributed by atoms with Crippen molar-refractivity contribution >= 4 is 17.7 Å². The second-order valence-corrected chi connectivity index (χ2v) is 4.81. The number of hydrogen-bond donors (Lipinski definition) is 2. The first-order valence-electron chi connectivity index (χ1n) is 4.96. The third-order valence-corrected chi connectivity index (χ3v) is 3.74. The molecule has 84 valence electrons. The van der Waals surface area contributed by atoms with Crippen LogP contribution in [0.15, 0.2) is 4.52 Å². The standard InChI is InChI=1S/C8H10N6OS/c9-8-11-6(12-13-8)7-10-5(14-15-7)4-2-1-3-16-4/h4H,1-3H2,(H3,9,11,12,13). The molecule has 1 saturated heterocycles. The highest BCUT2D eigenvalue weighted by Gasteiger charge is 2.24. The summed E-state index contributed by atoms with van der Waals surface area (Å²) in [5, 5.41) is 10.6. The lowest BCUT2D eigenvalue weighted by molar-refractivity contribution is 0.419. The summed E-state index contributed by atoms with van der Waals surface area (Å²) in [6.07, 6.45) is 2.30. The smallest absolute Gasteiger partial charge is 0.295 e. The molecule has 16 heavy (non-hydrogen) atoms. The lowest BCUT2D eigenvalue weighted by Crippen LogP contribution is -1.91. The van der Waals surface area contributed by atoms with Gasteiger partial charge in [-0.1, -0.05) is 5.16 Å². The van der Waals surface area contributed by atoms with Gasteiger partial charge in [0.1, 0.15) is 0 Å². The summed E-state index contributed by atoms with van der Waals surface area (Å²) in [6, 6.07) is 0. The average Bonchev–Trinajstić information content (AvgIpc) is 2.97. The van der Waals surface area contributed by atoms with Gasteiger partial charge in [-0.2, -0.15) is 21.7 Å². The second kappa shape index (κ2) is 3.78. The minimum Gasteiger partial charge on any atom is -0.366 e. The third-order valence-electron chi connectivity index (χ3n) is 2.36. The van der Waals surface area contributed by atoms with Crippen molar-refractivity contribution in [3.8, 4) is 11.7 Å². The van der Waals surface area contributed by atoms with Gasteiger partial charge in [0, 0.05) is 0 Å². The highest BCUT2D eigenvalue weighted by atomic mass is 32.2. The van der Waals surface area contributed by atoms with Crippen molar-refractivity contribution in [2.24, 2.45) is 0 Å². The molecule has 1 fully saturated rings. The van der Waals surface area contributed by atoms with Gasteiger partial charge in [-0.05, 0) is 18.6 Å². The number of rotatable bonds is 2. The summed E-state index contributed by atoms with van der Waals surface area (Å²) in [4.78, 5) is 8.22. The Kier molecular flexibility index (Phi) is 2.28. The predicted octanol–water partition coefficient (Wildman–Crippen LogP) is 1.00. The monoisotopic (exact) mass is 238 g/mol. The van der Waals surface area contributed by atoms with E-state index in [0.29, 0.717) is 17.0 Å². The topological polar surface area (TPSA) is 107 Å². The number of nitrogen functional groups attached to an aromatic ring is 1. The van der Waals surface area contributed by atoms with E-state index in [0.717, 1.165) is 18.0 Å².